The van der Waals surface area contributed by atoms with Crippen LogP contribution in [-0.2, 0) is 7.05 Å². The second kappa shape index (κ2) is 6.57. The SMILES string of the molecule is COc1ccc(NC(=O)c2nn(C)c3ccc(C)cc3c2=O)cc1Cl. The molecule has 0 saturated carbocycles. The summed E-state index contributed by atoms with van der Waals surface area (Å²) >= 11 is 6.05. The molecule has 25 heavy (non-hydrogen) atoms. The van der Waals surface area contributed by atoms with Crippen LogP contribution in [0.3, 0.4) is 0 Å². The van der Waals surface area contributed by atoms with Gasteiger partial charge in [0.2, 0.25) is 5.43 Å². The number of aryl methyl sites for hydroxylation is 2. The van der Waals surface area contributed by atoms with Gasteiger partial charge in [-0.2, -0.15) is 5.10 Å². The van der Waals surface area contributed by atoms with E-state index in [1.807, 2.05) is 19.1 Å². The van der Waals surface area contributed by atoms with Crippen molar-refractivity contribution >= 4 is 34.1 Å². The third-order valence-corrected chi connectivity index (χ3v) is 4.13. The molecule has 7 heteroatoms. The number of hydrogen-bond donors (Lipinski definition) is 1. The van der Waals surface area contributed by atoms with Crippen molar-refractivity contribution in [2.45, 2.75) is 6.92 Å². The average Bonchev–Trinajstić information content (AvgIpc) is 2.58. The molecule has 0 atom stereocenters. The van der Waals surface area contributed by atoms with Gasteiger partial charge in [0.1, 0.15) is 5.75 Å². The zero-order valence-corrected chi connectivity index (χ0v) is 14.7. The fraction of sp³-hybridized carbons (Fsp3) is 0.167. The Labute approximate surface area is 149 Å². The Kier molecular flexibility index (Phi) is 4.46. The first-order chi connectivity index (χ1) is 11.9. The fourth-order valence-electron chi connectivity index (χ4n) is 2.57. The number of anilines is 1. The molecule has 1 amide bonds. The molecule has 6 nitrogen and oxygen atoms in total. The van der Waals surface area contributed by atoms with E-state index in [1.165, 1.54) is 11.8 Å². The molecular formula is C18H16ClN3O3. The van der Waals surface area contributed by atoms with Crippen molar-refractivity contribution in [1.29, 1.82) is 0 Å². The highest BCUT2D eigenvalue weighted by atomic mass is 35.5. The lowest BCUT2D eigenvalue weighted by molar-refractivity contribution is 0.101. The summed E-state index contributed by atoms with van der Waals surface area (Å²) in [5.74, 6) is -0.0971. The Bertz CT molecular complexity index is 1040. The lowest BCUT2D eigenvalue weighted by Crippen LogP contribution is -2.26. The highest BCUT2D eigenvalue weighted by molar-refractivity contribution is 6.32. The molecule has 1 heterocycles. The maximum absolute atomic E-state index is 12.6. The largest absolute Gasteiger partial charge is 0.495 e. The maximum atomic E-state index is 12.6. The van der Waals surface area contributed by atoms with Gasteiger partial charge in [0.05, 0.1) is 23.0 Å². The van der Waals surface area contributed by atoms with E-state index in [2.05, 4.69) is 10.4 Å². The minimum absolute atomic E-state index is 0.174. The Morgan fingerprint density at radius 2 is 2.00 bits per heavy atom. The van der Waals surface area contributed by atoms with Crippen molar-refractivity contribution in [3.63, 3.8) is 0 Å². The number of fused-ring (bicyclic) bond motifs is 1. The number of amides is 1. The van der Waals surface area contributed by atoms with Crippen LogP contribution in [-0.4, -0.2) is 22.8 Å². The van der Waals surface area contributed by atoms with E-state index in [1.54, 1.807) is 31.3 Å². The molecule has 0 aliphatic carbocycles. The summed E-state index contributed by atoms with van der Waals surface area (Å²) in [6.07, 6.45) is 0. The highest BCUT2D eigenvalue weighted by Crippen LogP contribution is 2.27. The minimum atomic E-state index is -0.592. The molecule has 0 aliphatic heterocycles. The van der Waals surface area contributed by atoms with Crippen LogP contribution in [0.25, 0.3) is 10.9 Å². The number of halogens is 1. The molecule has 2 aromatic carbocycles. The number of aromatic nitrogens is 2. The molecule has 128 valence electrons. The van der Waals surface area contributed by atoms with Crippen LogP contribution in [0.2, 0.25) is 5.02 Å². The molecule has 0 fully saturated rings. The summed E-state index contributed by atoms with van der Waals surface area (Å²) in [5, 5.41) is 7.57. The molecular weight excluding hydrogens is 342 g/mol. The standard InChI is InChI=1S/C18H16ClN3O3/c1-10-4-6-14-12(8-10)17(23)16(21-22(14)2)18(24)20-11-5-7-15(25-3)13(19)9-11/h4-9H,1-3H3,(H,20,24). The molecule has 0 bridgehead atoms. The number of nitrogens with one attached hydrogen (secondary N) is 1. The van der Waals surface area contributed by atoms with E-state index in [4.69, 9.17) is 16.3 Å². The van der Waals surface area contributed by atoms with E-state index in [-0.39, 0.29) is 5.69 Å². The molecule has 1 N–H and O–H groups in total. The molecule has 0 aliphatic rings. The van der Waals surface area contributed by atoms with Crippen LogP contribution in [0, 0.1) is 6.92 Å². The summed E-state index contributed by atoms with van der Waals surface area (Å²) < 4.78 is 6.59. The number of rotatable bonds is 3. The van der Waals surface area contributed by atoms with Crippen LogP contribution in [0.15, 0.2) is 41.2 Å². The van der Waals surface area contributed by atoms with Crippen molar-refractivity contribution in [3.05, 3.63) is 62.9 Å². The summed E-state index contributed by atoms with van der Waals surface area (Å²) in [7, 11) is 3.20. The van der Waals surface area contributed by atoms with Gasteiger partial charge in [-0.1, -0.05) is 23.2 Å². The van der Waals surface area contributed by atoms with E-state index < -0.39 is 11.3 Å². The van der Waals surface area contributed by atoms with Crippen LogP contribution >= 0.6 is 11.6 Å². The van der Waals surface area contributed by atoms with Gasteiger partial charge >= 0.3 is 0 Å². The van der Waals surface area contributed by atoms with E-state index in [9.17, 15) is 9.59 Å². The number of hydrogen-bond acceptors (Lipinski definition) is 4. The average molecular weight is 358 g/mol. The normalized spacial score (nSPS) is 10.7. The lowest BCUT2D eigenvalue weighted by atomic mass is 10.1. The van der Waals surface area contributed by atoms with Gasteiger partial charge in [-0.05, 0) is 37.3 Å². The number of benzene rings is 2. The van der Waals surface area contributed by atoms with Gasteiger partial charge in [0.15, 0.2) is 5.69 Å². The Balaban J connectivity index is 2.01. The molecule has 3 rings (SSSR count). The molecule has 3 aromatic rings. The summed E-state index contributed by atoms with van der Waals surface area (Å²) in [5.41, 5.74) is 1.47. The topological polar surface area (TPSA) is 73.2 Å². The van der Waals surface area contributed by atoms with Crippen molar-refractivity contribution in [3.8, 4) is 5.75 Å². The smallest absolute Gasteiger partial charge is 0.280 e. The summed E-state index contributed by atoms with van der Waals surface area (Å²) in [4.78, 5) is 25.2. The molecule has 0 radical (unpaired) electrons. The van der Waals surface area contributed by atoms with Crippen molar-refractivity contribution in [2.75, 3.05) is 12.4 Å². The second-order valence-electron chi connectivity index (χ2n) is 5.63. The lowest BCUT2D eigenvalue weighted by Gasteiger charge is -2.10. The zero-order chi connectivity index (χ0) is 18.1. The van der Waals surface area contributed by atoms with Gasteiger partial charge in [0, 0.05) is 12.7 Å². The number of ether oxygens (including phenoxy) is 1. The highest BCUT2D eigenvalue weighted by Gasteiger charge is 2.17. The first kappa shape index (κ1) is 17.0. The van der Waals surface area contributed by atoms with E-state index in [0.29, 0.717) is 27.4 Å². The first-order valence-electron chi connectivity index (χ1n) is 7.53. The van der Waals surface area contributed by atoms with Gasteiger partial charge < -0.3 is 10.1 Å². The third kappa shape index (κ3) is 3.21. The summed E-state index contributed by atoms with van der Waals surface area (Å²) in [6.45, 7) is 1.89. The van der Waals surface area contributed by atoms with Crippen molar-refractivity contribution in [1.82, 2.24) is 9.78 Å². The molecule has 0 unspecified atom stereocenters. The Morgan fingerprint density at radius 1 is 1.24 bits per heavy atom. The maximum Gasteiger partial charge on any atom is 0.280 e. The predicted octanol–water partition coefficient (Wildman–Crippen LogP) is 3.16. The molecule has 0 saturated heterocycles. The molecule has 1 aromatic heterocycles. The van der Waals surface area contributed by atoms with Gasteiger partial charge in [0.25, 0.3) is 5.91 Å². The van der Waals surface area contributed by atoms with Crippen molar-refractivity contribution in [2.24, 2.45) is 7.05 Å². The first-order valence-corrected chi connectivity index (χ1v) is 7.91. The van der Waals surface area contributed by atoms with Crippen molar-refractivity contribution < 1.29 is 9.53 Å². The van der Waals surface area contributed by atoms with Crippen LogP contribution in [0.4, 0.5) is 5.69 Å². The second-order valence-corrected chi connectivity index (χ2v) is 6.03. The molecule has 0 spiro atoms. The zero-order valence-electron chi connectivity index (χ0n) is 14.0. The van der Waals surface area contributed by atoms with Crippen LogP contribution in [0.5, 0.6) is 5.75 Å². The fourth-order valence-corrected chi connectivity index (χ4v) is 2.83. The van der Waals surface area contributed by atoms with E-state index in [0.717, 1.165) is 5.56 Å². The predicted molar refractivity (Wildman–Crippen MR) is 97.7 cm³/mol. The Morgan fingerprint density at radius 3 is 2.68 bits per heavy atom. The quantitative estimate of drug-likeness (QED) is 0.781. The van der Waals surface area contributed by atoms with E-state index >= 15 is 0 Å². The van der Waals surface area contributed by atoms with Gasteiger partial charge in [-0.15, -0.1) is 0 Å². The third-order valence-electron chi connectivity index (χ3n) is 3.84. The minimum Gasteiger partial charge on any atom is -0.495 e. The number of methoxy groups -OCH3 is 1. The van der Waals surface area contributed by atoms with Crippen LogP contribution < -0.4 is 15.5 Å². The number of nitrogens with zero attached hydrogens (tertiary/aromatic N) is 2. The van der Waals surface area contributed by atoms with Gasteiger partial charge in [-0.3, -0.25) is 14.3 Å². The summed E-state index contributed by atoms with van der Waals surface area (Å²) in [6, 6.07) is 10.3. The monoisotopic (exact) mass is 357 g/mol. The number of carbonyl (C=O) groups is 1. The Hall–Kier alpha value is -2.86. The van der Waals surface area contributed by atoms with Gasteiger partial charge in [-0.25, -0.2) is 0 Å². The van der Waals surface area contributed by atoms with Crippen LogP contribution in [0.1, 0.15) is 16.1 Å². The number of carbonyl (C=O) groups excluding carboxylic acids is 1.